The van der Waals surface area contributed by atoms with E-state index in [0.717, 1.165) is 30.3 Å². The molecule has 0 aliphatic carbocycles. The number of hydrogen-bond donors (Lipinski definition) is 0. The monoisotopic (exact) mass is 360 g/mol. The smallest absolute Gasteiger partial charge is 0.150 e. The van der Waals surface area contributed by atoms with Crippen molar-refractivity contribution in [3.63, 3.8) is 0 Å². The Kier molecular flexibility index (Phi) is 5.26. The van der Waals surface area contributed by atoms with Crippen molar-refractivity contribution in [3.8, 4) is 0 Å². The van der Waals surface area contributed by atoms with Crippen LogP contribution in [0.1, 0.15) is 12.8 Å². The highest BCUT2D eigenvalue weighted by atomic mass is 35.5. The SMILES string of the molecule is S=C(Sc1c(Cl)c(Cl)nc(Cl)c1Cl)N1CCCC1. The Morgan fingerprint density at radius 3 is 2.06 bits per heavy atom. The highest BCUT2D eigenvalue weighted by Crippen LogP contribution is 2.42. The number of aromatic nitrogens is 1. The van der Waals surface area contributed by atoms with E-state index in [1.807, 2.05) is 0 Å². The second-order valence-corrected chi connectivity index (χ2v) is 6.83. The van der Waals surface area contributed by atoms with Gasteiger partial charge in [-0.3, -0.25) is 0 Å². The van der Waals surface area contributed by atoms with E-state index in [1.165, 1.54) is 11.8 Å². The molecule has 1 aromatic heterocycles. The van der Waals surface area contributed by atoms with Crippen LogP contribution in [0.15, 0.2) is 4.90 Å². The van der Waals surface area contributed by atoms with E-state index in [1.54, 1.807) is 0 Å². The number of thiocarbonyl (C=S) groups is 1. The fourth-order valence-corrected chi connectivity index (χ4v) is 3.97. The van der Waals surface area contributed by atoms with Crippen LogP contribution in [0.25, 0.3) is 0 Å². The fraction of sp³-hybridized carbons (Fsp3) is 0.400. The molecule has 0 aromatic carbocycles. The third-order valence-corrected chi connectivity index (χ3v) is 5.76. The average Bonchev–Trinajstić information content (AvgIpc) is 2.85. The molecule has 1 aromatic rings. The largest absolute Gasteiger partial charge is 0.357 e. The van der Waals surface area contributed by atoms with Crippen LogP contribution in [0.2, 0.25) is 20.4 Å². The first-order valence-electron chi connectivity index (χ1n) is 5.17. The maximum Gasteiger partial charge on any atom is 0.150 e. The Morgan fingerprint density at radius 1 is 1.06 bits per heavy atom. The number of hydrogen-bond acceptors (Lipinski definition) is 3. The molecule has 2 heterocycles. The summed E-state index contributed by atoms with van der Waals surface area (Å²) in [5.74, 6) is 0. The lowest BCUT2D eigenvalue weighted by molar-refractivity contribution is 0.539. The van der Waals surface area contributed by atoms with E-state index in [2.05, 4.69) is 9.88 Å². The number of rotatable bonds is 1. The van der Waals surface area contributed by atoms with Gasteiger partial charge in [-0.1, -0.05) is 70.4 Å². The van der Waals surface area contributed by atoms with Crippen LogP contribution in [-0.2, 0) is 0 Å². The molecule has 1 saturated heterocycles. The molecule has 0 N–H and O–H groups in total. The molecule has 0 saturated carbocycles. The van der Waals surface area contributed by atoms with Gasteiger partial charge in [-0.2, -0.15) is 0 Å². The zero-order valence-electron chi connectivity index (χ0n) is 9.05. The summed E-state index contributed by atoms with van der Waals surface area (Å²) >= 11 is 30.6. The van der Waals surface area contributed by atoms with Gasteiger partial charge in [-0.05, 0) is 12.8 Å². The summed E-state index contributed by atoms with van der Waals surface area (Å²) in [5, 5.41) is 0.853. The Hall–Kier alpha value is 0.550. The topological polar surface area (TPSA) is 16.1 Å². The third kappa shape index (κ3) is 3.17. The first kappa shape index (κ1) is 14.9. The summed E-state index contributed by atoms with van der Waals surface area (Å²) in [6, 6.07) is 0. The van der Waals surface area contributed by atoms with Crippen molar-refractivity contribution in [1.82, 2.24) is 9.88 Å². The zero-order valence-corrected chi connectivity index (χ0v) is 13.7. The van der Waals surface area contributed by atoms with Gasteiger partial charge in [0.2, 0.25) is 0 Å². The van der Waals surface area contributed by atoms with Gasteiger partial charge in [0.1, 0.15) is 4.32 Å². The molecule has 0 spiro atoms. The van der Waals surface area contributed by atoms with Gasteiger partial charge in [0.05, 0.1) is 14.9 Å². The minimum absolute atomic E-state index is 0.137. The maximum absolute atomic E-state index is 6.08. The van der Waals surface area contributed by atoms with Crippen molar-refractivity contribution in [2.24, 2.45) is 0 Å². The molecular weight excluding hydrogens is 354 g/mol. The normalized spacial score (nSPS) is 15.2. The molecule has 1 aliphatic rings. The van der Waals surface area contributed by atoms with Crippen molar-refractivity contribution in [2.45, 2.75) is 17.7 Å². The van der Waals surface area contributed by atoms with Gasteiger partial charge in [-0.15, -0.1) is 0 Å². The first-order chi connectivity index (χ1) is 8.50. The lowest BCUT2D eigenvalue weighted by Crippen LogP contribution is -2.23. The van der Waals surface area contributed by atoms with Crippen LogP contribution in [0.3, 0.4) is 0 Å². The molecule has 18 heavy (non-hydrogen) atoms. The van der Waals surface area contributed by atoms with Crippen molar-refractivity contribution in [2.75, 3.05) is 13.1 Å². The minimum atomic E-state index is 0.137. The molecule has 0 atom stereocenters. The van der Waals surface area contributed by atoms with Gasteiger partial charge in [0.25, 0.3) is 0 Å². The Balaban J connectivity index is 2.25. The van der Waals surface area contributed by atoms with Crippen molar-refractivity contribution >= 4 is 74.7 Å². The van der Waals surface area contributed by atoms with E-state index in [4.69, 9.17) is 58.6 Å². The second-order valence-electron chi connectivity index (χ2n) is 3.71. The predicted octanol–water partition coefficient (Wildman–Crippen LogP) is 5.17. The molecule has 0 unspecified atom stereocenters. The molecule has 0 amide bonds. The van der Waals surface area contributed by atoms with Gasteiger partial charge < -0.3 is 4.90 Å². The third-order valence-electron chi connectivity index (χ3n) is 2.51. The summed E-state index contributed by atoms with van der Waals surface area (Å²) in [5.41, 5.74) is 0. The summed E-state index contributed by atoms with van der Waals surface area (Å²) in [7, 11) is 0. The molecule has 8 heteroatoms. The predicted molar refractivity (Wildman–Crippen MR) is 83.5 cm³/mol. The van der Waals surface area contributed by atoms with E-state index in [9.17, 15) is 0 Å². The standard InChI is InChI=1S/C10H8Cl4N2S2/c11-5-7(6(12)9(14)15-8(5)13)18-10(17)16-3-1-2-4-16/h1-4H2. The second kappa shape index (κ2) is 6.33. The van der Waals surface area contributed by atoms with Crippen LogP contribution in [0.4, 0.5) is 0 Å². The van der Waals surface area contributed by atoms with Gasteiger partial charge in [0, 0.05) is 13.1 Å². The summed E-state index contributed by atoms with van der Waals surface area (Å²) < 4.78 is 0.731. The number of nitrogens with zero attached hydrogens (tertiary/aromatic N) is 2. The van der Waals surface area contributed by atoms with Crippen LogP contribution in [0.5, 0.6) is 0 Å². The van der Waals surface area contributed by atoms with Crippen molar-refractivity contribution < 1.29 is 0 Å². The molecule has 2 rings (SSSR count). The molecular formula is C10H8Cl4N2S2. The van der Waals surface area contributed by atoms with Crippen molar-refractivity contribution in [1.29, 1.82) is 0 Å². The maximum atomic E-state index is 6.08. The van der Waals surface area contributed by atoms with Gasteiger partial charge in [-0.25, -0.2) is 4.98 Å². The van der Waals surface area contributed by atoms with Crippen LogP contribution in [0, 0.1) is 0 Å². The van der Waals surface area contributed by atoms with E-state index in [0.29, 0.717) is 4.90 Å². The van der Waals surface area contributed by atoms with E-state index >= 15 is 0 Å². The Bertz CT molecular complexity index is 463. The summed E-state index contributed by atoms with van der Waals surface area (Å²) in [6.45, 7) is 1.93. The summed E-state index contributed by atoms with van der Waals surface area (Å²) in [6.07, 6.45) is 2.31. The van der Waals surface area contributed by atoms with Crippen LogP contribution < -0.4 is 0 Å². The Morgan fingerprint density at radius 2 is 1.56 bits per heavy atom. The fourth-order valence-electron chi connectivity index (χ4n) is 1.61. The van der Waals surface area contributed by atoms with Crippen LogP contribution >= 0.6 is 70.4 Å². The van der Waals surface area contributed by atoms with Crippen LogP contribution in [-0.4, -0.2) is 27.3 Å². The number of likely N-dealkylation sites (tertiary alicyclic amines) is 1. The molecule has 0 bridgehead atoms. The lowest BCUT2D eigenvalue weighted by Gasteiger charge is -2.18. The number of thioether (sulfide) groups is 1. The zero-order chi connectivity index (χ0) is 13.3. The lowest BCUT2D eigenvalue weighted by atomic mass is 10.4. The Labute approximate surface area is 135 Å². The van der Waals surface area contributed by atoms with Gasteiger partial charge in [0.15, 0.2) is 10.3 Å². The molecule has 98 valence electrons. The quantitative estimate of drug-likeness (QED) is 0.389. The first-order valence-corrected chi connectivity index (χ1v) is 7.91. The number of halogens is 4. The van der Waals surface area contributed by atoms with E-state index in [-0.39, 0.29) is 20.4 Å². The number of pyridine rings is 1. The molecule has 1 aliphatic heterocycles. The highest BCUT2D eigenvalue weighted by molar-refractivity contribution is 8.23. The van der Waals surface area contributed by atoms with Gasteiger partial charge >= 0.3 is 0 Å². The minimum Gasteiger partial charge on any atom is -0.357 e. The van der Waals surface area contributed by atoms with Crippen molar-refractivity contribution in [3.05, 3.63) is 20.4 Å². The molecule has 1 fully saturated rings. The highest BCUT2D eigenvalue weighted by Gasteiger charge is 2.21. The van der Waals surface area contributed by atoms with E-state index < -0.39 is 0 Å². The summed E-state index contributed by atoms with van der Waals surface area (Å²) in [4.78, 5) is 6.52. The molecule has 2 nitrogen and oxygen atoms in total. The molecule has 0 radical (unpaired) electrons. The average molecular weight is 362 g/mol.